The Balaban J connectivity index is 1.92. The van der Waals surface area contributed by atoms with E-state index >= 15 is 0 Å². The van der Waals surface area contributed by atoms with Gasteiger partial charge in [0.15, 0.2) is 0 Å². The van der Waals surface area contributed by atoms with Crippen molar-refractivity contribution >= 4 is 6.29 Å². The van der Waals surface area contributed by atoms with Crippen molar-refractivity contribution in [3.05, 3.63) is 0 Å². The summed E-state index contributed by atoms with van der Waals surface area (Å²) in [7, 11) is 0. The zero-order valence-electron chi connectivity index (χ0n) is 11.3. The van der Waals surface area contributed by atoms with Gasteiger partial charge in [-0.2, -0.15) is 0 Å². The first-order valence-electron chi connectivity index (χ1n) is 7.47. The summed E-state index contributed by atoms with van der Waals surface area (Å²) >= 11 is 0. The fraction of sp³-hybridized carbons (Fsp3) is 0.933. The molecule has 17 heavy (non-hydrogen) atoms. The Morgan fingerprint density at radius 1 is 1.24 bits per heavy atom. The van der Waals surface area contributed by atoms with Crippen LogP contribution in [0.15, 0.2) is 0 Å². The summed E-state index contributed by atoms with van der Waals surface area (Å²) in [5, 5.41) is 0. The van der Waals surface area contributed by atoms with E-state index in [1.165, 1.54) is 57.9 Å². The van der Waals surface area contributed by atoms with Gasteiger partial charge in [0, 0.05) is 18.5 Å². The average Bonchev–Trinajstić information content (AvgIpc) is 2.67. The number of nitrogens with zero attached hydrogens (tertiary/aromatic N) is 1. The van der Waals surface area contributed by atoms with Gasteiger partial charge >= 0.3 is 0 Å². The van der Waals surface area contributed by atoms with Gasteiger partial charge in [-0.15, -0.1) is 0 Å². The van der Waals surface area contributed by atoms with Gasteiger partial charge in [0.2, 0.25) is 0 Å². The summed E-state index contributed by atoms with van der Waals surface area (Å²) in [5.74, 6) is 0.879. The van der Waals surface area contributed by atoms with Crippen LogP contribution in [0.2, 0.25) is 0 Å². The lowest BCUT2D eigenvalue weighted by molar-refractivity contribution is -0.118. The SMILES string of the molecule is CCC1CCN(CC2(C=O)CCCCCC2)C1. The van der Waals surface area contributed by atoms with E-state index in [1.807, 2.05) is 0 Å². The summed E-state index contributed by atoms with van der Waals surface area (Å²) in [5.41, 5.74) is -0.000862. The minimum atomic E-state index is -0.000862. The number of hydrogen-bond acceptors (Lipinski definition) is 2. The van der Waals surface area contributed by atoms with Crippen molar-refractivity contribution in [2.24, 2.45) is 11.3 Å². The van der Waals surface area contributed by atoms with Gasteiger partial charge in [-0.1, -0.05) is 39.0 Å². The van der Waals surface area contributed by atoms with E-state index in [1.54, 1.807) is 0 Å². The van der Waals surface area contributed by atoms with Crippen LogP contribution in [-0.2, 0) is 4.79 Å². The van der Waals surface area contributed by atoms with Crippen molar-refractivity contribution in [3.63, 3.8) is 0 Å². The first-order valence-corrected chi connectivity index (χ1v) is 7.47. The second kappa shape index (κ2) is 5.99. The Morgan fingerprint density at radius 3 is 2.47 bits per heavy atom. The predicted molar refractivity (Wildman–Crippen MR) is 71.0 cm³/mol. The minimum Gasteiger partial charge on any atom is -0.303 e. The van der Waals surface area contributed by atoms with E-state index in [0.29, 0.717) is 0 Å². The lowest BCUT2D eigenvalue weighted by Crippen LogP contribution is -2.37. The summed E-state index contributed by atoms with van der Waals surface area (Å²) in [6.07, 6.45) is 11.3. The molecule has 2 nitrogen and oxygen atoms in total. The van der Waals surface area contributed by atoms with Crippen LogP contribution in [0.3, 0.4) is 0 Å². The van der Waals surface area contributed by atoms with Gasteiger partial charge in [0.25, 0.3) is 0 Å². The topological polar surface area (TPSA) is 20.3 Å². The Kier molecular flexibility index (Phi) is 4.61. The molecule has 0 bridgehead atoms. The van der Waals surface area contributed by atoms with E-state index in [0.717, 1.165) is 25.3 Å². The molecule has 0 radical (unpaired) electrons. The fourth-order valence-corrected chi connectivity index (χ4v) is 3.58. The molecule has 1 unspecified atom stereocenters. The quantitative estimate of drug-likeness (QED) is 0.552. The van der Waals surface area contributed by atoms with Crippen LogP contribution in [0.25, 0.3) is 0 Å². The van der Waals surface area contributed by atoms with E-state index in [2.05, 4.69) is 11.8 Å². The molecule has 2 rings (SSSR count). The zero-order chi connectivity index (χ0) is 12.1. The van der Waals surface area contributed by atoms with E-state index in [9.17, 15) is 4.79 Å². The molecule has 0 spiro atoms. The second-order valence-corrected chi connectivity index (χ2v) is 6.19. The van der Waals surface area contributed by atoms with Gasteiger partial charge in [0.1, 0.15) is 6.29 Å². The molecule has 1 aliphatic carbocycles. The third-order valence-electron chi connectivity index (χ3n) is 4.84. The summed E-state index contributed by atoms with van der Waals surface area (Å²) in [6, 6.07) is 0. The van der Waals surface area contributed by atoms with Crippen LogP contribution in [0, 0.1) is 11.3 Å². The molecule has 2 fully saturated rings. The maximum Gasteiger partial charge on any atom is 0.127 e. The Morgan fingerprint density at radius 2 is 1.94 bits per heavy atom. The number of aldehydes is 1. The number of rotatable bonds is 4. The van der Waals surface area contributed by atoms with Gasteiger partial charge in [-0.25, -0.2) is 0 Å². The zero-order valence-corrected chi connectivity index (χ0v) is 11.3. The molecule has 1 atom stereocenters. The number of carbonyl (C=O) groups is 1. The van der Waals surface area contributed by atoms with E-state index in [4.69, 9.17) is 0 Å². The highest BCUT2D eigenvalue weighted by atomic mass is 16.1. The molecular formula is C15H27NO. The Labute approximate surface area is 106 Å². The predicted octanol–water partition coefficient (Wildman–Crippen LogP) is 3.26. The molecule has 0 aromatic heterocycles. The second-order valence-electron chi connectivity index (χ2n) is 6.19. The molecule has 2 aliphatic rings. The van der Waals surface area contributed by atoms with Crippen LogP contribution in [0.5, 0.6) is 0 Å². The van der Waals surface area contributed by atoms with E-state index in [-0.39, 0.29) is 5.41 Å². The lowest BCUT2D eigenvalue weighted by atomic mass is 9.81. The first-order chi connectivity index (χ1) is 8.28. The van der Waals surface area contributed by atoms with Gasteiger partial charge in [-0.05, 0) is 31.7 Å². The van der Waals surface area contributed by atoms with Gasteiger partial charge < -0.3 is 9.69 Å². The molecule has 1 saturated heterocycles. The minimum absolute atomic E-state index is 0.000862. The Hall–Kier alpha value is -0.370. The number of carbonyl (C=O) groups excluding carboxylic acids is 1. The fourth-order valence-electron chi connectivity index (χ4n) is 3.58. The third-order valence-corrected chi connectivity index (χ3v) is 4.84. The molecule has 1 saturated carbocycles. The summed E-state index contributed by atoms with van der Waals surface area (Å²) in [4.78, 5) is 14.1. The highest BCUT2D eigenvalue weighted by Crippen LogP contribution is 2.35. The standard InChI is InChI=1S/C15H27NO/c1-2-14-7-10-16(11-14)12-15(13-17)8-5-3-4-6-9-15/h13-14H,2-12H2,1H3. The number of hydrogen-bond donors (Lipinski definition) is 0. The Bertz CT molecular complexity index is 243. The molecule has 0 aromatic rings. The van der Waals surface area contributed by atoms with Crippen LogP contribution >= 0.6 is 0 Å². The van der Waals surface area contributed by atoms with Crippen molar-refractivity contribution in [3.8, 4) is 0 Å². The molecule has 98 valence electrons. The normalized spacial score (nSPS) is 30.1. The molecule has 1 aliphatic heterocycles. The van der Waals surface area contributed by atoms with Crippen LogP contribution < -0.4 is 0 Å². The average molecular weight is 237 g/mol. The molecule has 2 heteroatoms. The highest BCUT2D eigenvalue weighted by molar-refractivity contribution is 5.59. The summed E-state index contributed by atoms with van der Waals surface area (Å²) in [6.45, 7) is 5.77. The molecule has 0 aromatic carbocycles. The van der Waals surface area contributed by atoms with Crippen molar-refractivity contribution in [1.29, 1.82) is 0 Å². The highest BCUT2D eigenvalue weighted by Gasteiger charge is 2.34. The first kappa shape index (κ1) is 13.1. The maximum absolute atomic E-state index is 11.5. The van der Waals surface area contributed by atoms with Gasteiger partial charge in [0.05, 0.1) is 0 Å². The third kappa shape index (κ3) is 3.31. The molecule has 0 N–H and O–H groups in total. The lowest BCUT2D eigenvalue weighted by Gasteiger charge is -2.31. The van der Waals surface area contributed by atoms with Crippen molar-refractivity contribution in [2.45, 2.75) is 58.3 Å². The summed E-state index contributed by atoms with van der Waals surface area (Å²) < 4.78 is 0. The molecule has 1 heterocycles. The van der Waals surface area contributed by atoms with Crippen LogP contribution in [0.1, 0.15) is 58.3 Å². The van der Waals surface area contributed by atoms with Crippen molar-refractivity contribution in [2.75, 3.05) is 19.6 Å². The van der Waals surface area contributed by atoms with Crippen molar-refractivity contribution in [1.82, 2.24) is 4.90 Å². The number of likely N-dealkylation sites (tertiary alicyclic amines) is 1. The molecular weight excluding hydrogens is 210 g/mol. The van der Waals surface area contributed by atoms with Gasteiger partial charge in [-0.3, -0.25) is 0 Å². The molecule has 0 amide bonds. The largest absolute Gasteiger partial charge is 0.303 e. The van der Waals surface area contributed by atoms with Crippen LogP contribution in [0.4, 0.5) is 0 Å². The maximum atomic E-state index is 11.5. The monoisotopic (exact) mass is 237 g/mol. The smallest absolute Gasteiger partial charge is 0.127 e. The van der Waals surface area contributed by atoms with E-state index < -0.39 is 0 Å². The van der Waals surface area contributed by atoms with Crippen LogP contribution in [-0.4, -0.2) is 30.8 Å². The van der Waals surface area contributed by atoms with Crippen molar-refractivity contribution < 1.29 is 4.79 Å².